The molecule has 1 aliphatic carbocycles. The molecule has 0 bridgehead atoms. The van der Waals surface area contributed by atoms with Crippen LogP contribution in [0.3, 0.4) is 0 Å². The van der Waals surface area contributed by atoms with Gasteiger partial charge in [0.2, 0.25) is 0 Å². The number of nitrogens with zero attached hydrogens (tertiary/aromatic N) is 1. The summed E-state index contributed by atoms with van der Waals surface area (Å²) in [4.78, 5) is 2.40. The molecule has 0 unspecified atom stereocenters. The van der Waals surface area contributed by atoms with E-state index in [4.69, 9.17) is 11.1 Å². The number of halogens is 1. The molecule has 1 fully saturated rings. The Balaban J connectivity index is 2.28. The minimum atomic E-state index is 0.105. The van der Waals surface area contributed by atoms with Crippen LogP contribution in [0.1, 0.15) is 25.3 Å². The summed E-state index contributed by atoms with van der Waals surface area (Å²) in [7, 11) is 0. The summed E-state index contributed by atoms with van der Waals surface area (Å²) in [5, 5.41) is 7.43. The normalized spacial score (nSPS) is 14.9. The van der Waals surface area contributed by atoms with Gasteiger partial charge in [0.25, 0.3) is 0 Å². The maximum Gasteiger partial charge on any atom is 0.123 e. The maximum atomic E-state index is 7.43. The lowest BCUT2D eigenvalue weighted by Crippen LogP contribution is -2.25. The van der Waals surface area contributed by atoms with Gasteiger partial charge in [0.15, 0.2) is 0 Å². The maximum absolute atomic E-state index is 7.43. The molecule has 0 spiro atoms. The number of hydrogen-bond donors (Lipinski definition) is 2. The zero-order valence-electron chi connectivity index (χ0n) is 9.33. The standard InChI is InChI=1S/C12H16BrN3/c1-2-16(8-3-4-8)9-5-6-10(12(14)15)11(13)7-9/h5-8H,2-4H2,1H3,(H3,14,15). The van der Waals surface area contributed by atoms with Crippen LogP contribution in [0, 0.1) is 5.41 Å². The minimum absolute atomic E-state index is 0.105. The minimum Gasteiger partial charge on any atom is -0.384 e. The fraction of sp³-hybridized carbons (Fsp3) is 0.417. The van der Waals surface area contributed by atoms with Crippen molar-refractivity contribution >= 4 is 27.5 Å². The molecule has 2 rings (SSSR count). The number of benzene rings is 1. The van der Waals surface area contributed by atoms with E-state index in [2.05, 4.69) is 33.8 Å². The van der Waals surface area contributed by atoms with E-state index in [1.165, 1.54) is 18.5 Å². The van der Waals surface area contributed by atoms with Gasteiger partial charge in [-0.2, -0.15) is 0 Å². The Kier molecular flexibility index (Phi) is 3.19. The van der Waals surface area contributed by atoms with Gasteiger partial charge in [-0.3, -0.25) is 5.41 Å². The fourth-order valence-corrected chi connectivity index (χ4v) is 2.52. The van der Waals surface area contributed by atoms with E-state index in [0.29, 0.717) is 6.04 Å². The highest BCUT2D eigenvalue weighted by atomic mass is 79.9. The van der Waals surface area contributed by atoms with E-state index in [1.807, 2.05) is 12.1 Å². The third-order valence-electron chi connectivity index (χ3n) is 2.90. The molecule has 86 valence electrons. The molecular weight excluding hydrogens is 266 g/mol. The fourth-order valence-electron chi connectivity index (χ4n) is 1.94. The largest absolute Gasteiger partial charge is 0.384 e. The predicted octanol–water partition coefficient (Wildman–Crippen LogP) is 2.72. The van der Waals surface area contributed by atoms with Crippen LogP contribution in [0.25, 0.3) is 0 Å². The van der Waals surface area contributed by atoms with Crippen molar-refractivity contribution in [1.82, 2.24) is 0 Å². The lowest BCUT2D eigenvalue weighted by atomic mass is 10.2. The summed E-state index contributed by atoms with van der Waals surface area (Å²) in [5.74, 6) is 0.105. The molecule has 0 aliphatic heterocycles. The van der Waals surface area contributed by atoms with Crippen molar-refractivity contribution in [2.24, 2.45) is 5.73 Å². The van der Waals surface area contributed by atoms with Gasteiger partial charge in [-0.15, -0.1) is 0 Å². The Hall–Kier alpha value is -1.03. The summed E-state index contributed by atoms with van der Waals surface area (Å²) in [6, 6.07) is 6.72. The zero-order chi connectivity index (χ0) is 11.7. The SMILES string of the molecule is CCN(c1ccc(C(=N)N)c(Br)c1)C1CC1. The predicted molar refractivity (Wildman–Crippen MR) is 71.2 cm³/mol. The summed E-state index contributed by atoms with van der Waals surface area (Å²) < 4.78 is 0.900. The van der Waals surface area contributed by atoms with Gasteiger partial charge >= 0.3 is 0 Å². The molecule has 1 aromatic carbocycles. The van der Waals surface area contributed by atoms with Crippen LogP contribution in [0.15, 0.2) is 22.7 Å². The summed E-state index contributed by atoms with van der Waals surface area (Å²) in [6.45, 7) is 3.20. The van der Waals surface area contributed by atoms with E-state index in [9.17, 15) is 0 Å². The van der Waals surface area contributed by atoms with Gasteiger partial charge in [0.1, 0.15) is 5.84 Å². The Morgan fingerprint density at radius 1 is 1.56 bits per heavy atom. The van der Waals surface area contributed by atoms with Crippen molar-refractivity contribution in [3.63, 3.8) is 0 Å². The molecule has 1 saturated carbocycles. The molecule has 0 heterocycles. The topological polar surface area (TPSA) is 53.1 Å². The summed E-state index contributed by atoms with van der Waals surface area (Å²) >= 11 is 3.47. The zero-order valence-corrected chi connectivity index (χ0v) is 10.9. The first-order valence-electron chi connectivity index (χ1n) is 5.54. The molecule has 4 heteroatoms. The van der Waals surface area contributed by atoms with Gasteiger partial charge in [0.05, 0.1) is 0 Å². The van der Waals surface area contributed by atoms with Crippen LogP contribution < -0.4 is 10.6 Å². The quantitative estimate of drug-likeness (QED) is 0.659. The first-order valence-corrected chi connectivity index (χ1v) is 6.33. The molecule has 0 atom stereocenters. The molecule has 1 aromatic rings. The highest BCUT2D eigenvalue weighted by molar-refractivity contribution is 9.10. The van der Waals surface area contributed by atoms with Crippen LogP contribution in [0.5, 0.6) is 0 Å². The Morgan fingerprint density at radius 2 is 2.25 bits per heavy atom. The van der Waals surface area contributed by atoms with Gasteiger partial charge < -0.3 is 10.6 Å². The molecule has 3 N–H and O–H groups in total. The van der Waals surface area contributed by atoms with E-state index >= 15 is 0 Å². The van der Waals surface area contributed by atoms with E-state index in [0.717, 1.165) is 16.6 Å². The number of nitrogens with one attached hydrogen (secondary N) is 1. The number of amidine groups is 1. The molecule has 0 amide bonds. The summed E-state index contributed by atoms with van der Waals surface area (Å²) in [5.41, 5.74) is 7.45. The molecule has 0 saturated heterocycles. The molecule has 16 heavy (non-hydrogen) atoms. The van der Waals surface area contributed by atoms with Crippen molar-refractivity contribution in [3.05, 3.63) is 28.2 Å². The van der Waals surface area contributed by atoms with Crippen LogP contribution in [0.4, 0.5) is 5.69 Å². The molecule has 0 radical (unpaired) electrons. The van der Waals surface area contributed by atoms with Crippen LogP contribution in [0.2, 0.25) is 0 Å². The second kappa shape index (κ2) is 4.45. The smallest absolute Gasteiger partial charge is 0.123 e. The number of hydrogen-bond acceptors (Lipinski definition) is 2. The monoisotopic (exact) mass is 281 g/mol. The van der Waals surface area contributed by atoms with Crippen molar-refractivity contribution in [3.8, 4) is 0 Å². The number of rotatable bonds is 4. The first-order chi connectivity index (χ1) is 7.63. The van der Waals surface area contributed by atoms with Crippen molar-refractivity contribution in [2.75, 3.05) is 11.4 Å². The third-order valence-corrected chi connectivity index (χ3v) is 3.56. The highest BCUT2D eigenvalue weighted by Gasteiger charge is 2.28. The van der Waals surface area contributed by atoms with E-state index in [-0.39, 0.29) is 5.84 Å². The van der Waals surface area contributed by atoms with Gasteiger partial charge in [-0.05, 0) is 53.9 Å². The molecule has 3 nitrogen and oxygen atoms in total. The van der Waals surface area contributed by atoms with Crippen molar-refractivity contribution < 1.29 is 0 Å². The van der Waals surface area contributed by atoms with Crippen LogP contribution >= 0.6 is 15.9 Å². The Morgan fingerprint density at radius 3 is 2.69 bits per heavy atom. The molecule has 0 aromatic heterocycles. The van der Waals surface area contributed by atoms with Gasteiger partial charge in [-0.1, -0.05) is 0 Å². The first kappa shape index (κ1) is 11.5. The van der Waals surface area contributed by atoms with E-state index < -0.39 is 0 Å². The average molecular weight is 282 g/mol. The summed E-state index contributed by atoms with van der Waals surface area (Å²) in [6.07, 6.45) is 2.58. The average Bonchev–Trinajstić information content (AvgIpc) is 3.02. The van der Waals surface area contributed by atoms with Crippen molar-refractivity contribution in [2.45, 2.75) is 25.8 Å². The molecular formula is C12H16BrN3. The second-order valence-corrected chi connectivity index (χ2v) is 4.95. The second-order valence-electron chi connectivity index (χ2n) is 4.10. The van der Waals surface area contributed by atoms with Crippen molar-refractivity contribution in [1.29, 1.82) is 5.41 Å². The number of nitrogens with two attached hydrogens (primary N) is 1. The Labute approximate surface area is 104 Å². The molecule has 1 aliphatic rings. The Bertz CT molecular complexity index is 413. The lowest BCUT2D eigenvalue weighted by Gasteiger charge is -2.23. The number of anilines is 1. The van der Waals surface area contributed by atoms with Crippen LogP contribution in [-0.2, 0) is 0 Å². The third kappa shape index (κ3) is 2.21. The van der Waals surface area contributed by atoms with E-state index in [1.54, 1.807) is 0 Å². The lowest BCUT2D eigenvalue weighted by molar-refractivity contribution is 0.826. The van der Waals surface area contributed by atoms with Crippen LogP contribution in [-0.4, -0.2) is 18.4 Å². The number of nitrogen functional groups attached to an aromatic ring is 1. The van der Waals surface area contributed by atoms with Gasteiger partial charge in [0, 0.05) is 28.3 Å². The highest BCUT2D eigenvalue weighted by Crippen LogP contribution is 2.33. The van der Waals surface area contributed by atoms with Gasteiger partial charge in [-0.25, -0.2) is 0 Å².